The van der Waals surface area contributed by atoms with Gasteiger partial charge < -0.3 is 29.5 Å². The molecule has 0 aliphatic carbocycles. The summed E-state index contributed by atoms with van der Waals surface area (Å²) < 4.78 is 16.9. The van der Waals surface area contributed by atoms with Gasteiger partial charge in [-0.15, -0.1) is 12.4 Å². The number of ether oxygens (including phenoxy) is 3. The molecule has 0 aromatic heterocycles. The van der Waals surface area contributed by atoms with Gasteiger partial charge in [0.25, 0.3) is 0 Å². The summed E-state index contributed by atoms with van der Waals surface area (Å²) in [6.45, 7) is 3.02. The third-order valence-corrected chi connectivity index (χ3v) is 5.04. The van der Waals surface area contributed by atoms with E-state index in [1.54, 1.807) is 0 Å². The molecule has 2 atom stereocenters. The number of aliphatic hydroxyl groups is 1. The summed E-state index contributed by atoms with van der Waals surface area (Å²) in [6, 6.07) is 7.49. The Labute approximate surface area is 152 Å². The highest BCUT2D eigenvalue weighted by molar-refractivity contribution is 5.85. The molecular formula is C17H23ClN2O5. The van der Waals surface area contributed by atoms with Crippen LogP contribution in [0.1, 0.15) is 12.8 Å². The third kappa shape index (κ3) is 3.78. The van der Waals surface area contributed by atoms with Crippen LogP contribution in [-0.2, 0) is 4.74 Å². The van der Waals surface area contributed by atoms with Crippen molar-refractivity contribution in [1.29, 1.82) is 0 Å². The zero-order valence-corrected chi connectivity index (χ0v) is 14.7. The van der Waals surface area contributed by atoms with Crippen molar-refractivity contribution in [3.8, 4) is 11.5 Å². The molecule has 1 aromatic carbocycles. The lowest BCUT2D eigenvalue weighted by Gasteiger charge is -2.39. The SMILES string of the molecule is Cl.O=C1NCC2(CCN(CC(O)C3COc4ccccc4O3)CC2)O1. The van der Waals surface area contributed by atoms with E-state index in [2.05, 4.69) is 10.2 Å². The number of hydrogen-bond donors (Lipinski definition) is 2. The van der Waals surface area contributed by atoms with Gasteiger partial charge in [-0.3, -0.25) is 0 Å². The molecule has 7 nitrogen and oxygen atoms in total. The van der Waals surface area contributed by atoms with Crippen molar-refractivity contribution in [3.63, 3.8) is 0 Å². The van der Waals surface area contributed by atoms with Crippen LogP contribution in [0.25, 0.3) is 0 Å². The molecule has 0 bridgehead atoms. The maximum absolute atomic E-state index is 11.3. The minimum atomic E-state index is -0.628. The van der Waals surface area contributed by atoms with Gasteiger partial charge in [-0.25, -0.2) is 4.79 Å². The topological polar surface area (TPSA) is 80.3 Å². The number of alkyl carbamates (subject to hydrolysis) is 1. The highest BCUT2D eigenvalue weighted by Gasteiger charge is 2.43. The number of benzene rings is 1. The van der Waals surface area contributed by atoms with Gasteiger partial charge in [0.1, 0.15) is 18.3 Å². The number of rotatable bonds is 3. The Morgan fingerprint density at radius 1 is 1.28 bits per heavy atom. The summed E-state index contributed by atoms with van der Waals surface area (Å²) in [5.74, 6) is 1.39. The van der Waals surface area contributed by atoms with E-state index >= 15 is 0 Å². The summed E-state index contributed by atoms with van der Waals surface area (Å²) in [5, 5.41) is 13.2. The van der Waals surface area contributed by atoms with E-state index in [9.17, 15) is 9.90 Å². The molecule has 2 N–H and O–H groups in total. The van der Waals surface area contributed by atoms with Gasteiger partial charge in [0.2, 0.25) is 0 Å². The van der Waals surface area contributed by atoms with Gasteiger partial charge in [0, 0.05) is 32.5 Å². The van der Waals surface area contributed by atoms with E-state index < -0.39 is 6.10 Å². The Kier molecular flexibility index (Phi) is 5.27. The molecule has 1 aromatic rings. The number of likely N-dealkylation sites (tertiary alicyclic amines) is 1. The summed E-state index contributed by atoms with van der Waals surface area (Å²) >= 11 is 0. The summed E-state index contributed by atoms with van der Waals surface area (Å²) in [4.78, 5) is 13.5. The second-order valence-corrected chi connectivity index (χ2v) is 6.71. The van der Waals surface area contributed by atoms with Crippen LogP contribution >= 0.6 is 12.4 Å². The van der Waals surface area contributed by atoms with Crippen LogP contribution in [0.15, 0.2) is 24.3 Å². The van der Waals surface area contributed by atoms with Crippen molar-refractivity contribution in [2.45, 2.75) is 30.7 Å². The molecule has 1 amide bonds. The zero-order chi connectivity index (χ0) is 16.6. The molecule has 0 saturated carbocycles. The van der Waals surface area contributed by atoms with Crippen molar-refractivity contribution in [2.24, 2.45) is 0 Å². The summed E-state index contributed by atoms with van der Waals surface area (Å²) in [7, 11) is 0. The Morgan fingerprint density at radius 2 is 2.00 bits per heavy atom. The minimum Gasteiger partial charge on any atom is -0.486 e. The number of carbonyl (C=O) groups is 1. The number of hydrogen-bond acceptors (Lipinski definition) is 6. The number of nitrogens with one attached hydrogen (secondary N) is 1. The van der Waals surface area contributed by atoms with Gasteiger partial charge in [0.05, 0.1) is 6.54 Å². The van der Waals surface area contributed by atoms with Gasteiger partial charge in [-0.05, 0) is 12.1 Å². The van der Waals surface area contributed by atoms with Crippen molar-refractivity contribution in [2.75, 3.05) is 32.8 Å². The van der Waals surface area contributed by atoms with Crippen molar-refractivity contribution < 1.29 is 24.1 Å². The van der Waals surface area contributed by atoms with Crippen LogP contribution in [0.4, 0.5) is 4.79 Å². The lowest BCUT2D eigenvalue weighted by molar-refractivity contribution is -0.0449. The number of nitrogens with zero attached hydrogens (tertiary/aromatic N) is 1. The average molecular weight is 371 g/mol. The number of halogens is 1. The first kappa shape index (κ1) is 18.1. The fourth-order valence-corrected chi connectivity index (χ4v) is 3.53. The first-order valence-corrected chi connectivity index (χ1v) is 8.39. The average Bonchev–Trinajstić information content (AvgIpc) is 2.97. The molecule has 8 heteroatoms. The lowest BCUT2D eigenvalue weighted by Crippen LogP contribution is -2.51. The summed E-state index contributed by atoms with van der Waals surface area (Å²) in [5.41, 5.74) is -0.359. The van der Waals surface area contributed by atoms with Crippen molar-refractivity contribution in [3.05, 3.63) is 24.3 Å². The van der Waals surface area contributed by atoms with Crippen molar-refractivity contribution >= 4 is 18.5 Å². The zero-order valence-electron chi connectivity index (χ0n) is 13.8. The standard InChI is InChI=1S/C17H22N2O5.ClH/c20-12(15-10-22-13-3-1-2-4-14(13)23-15)9-19-7-5-17(6-8-19)11-18-16(21)24-17;/h1-4,12,15,20H,5-11H2,(H,18,21);1H. The van der Waals surface area contributed by atoms with Crippen molar-refractivity contribution in [1.82, 2.24) is 10.2 Å². The maximum atomic E-state index is 11.3. The van der Waals surface area contributed by atoms with Crippen LogP contribution in [-0.4, -0.2) is 66.7 Å². The summed E-state index contributed by atoms with van der Waals surface area (Å²) in [6.07, 6.45) is 0.237. The molecule has 2 saturated heterocycles. The van der Waals surface area contributed by atoms with E-state index in [0.29, 0.717) is 25.4 Å². The minimum absolute atomic E-state index is 0. The molecule has 3 aliphatic rings. The van der Waals surface area contributed by atoms with Crippen LogP contribution in [0.5, 0.6) is 11.5 Å². The monoisotopic (exact) mass is 370 g/mol. The molecule has 138 valence electrons. The highest BCUT2D eigenvalue weighted by Crippen LogP contribution is 2.32. The predicted octanol–water partition coefficient (Wildman–Crippen LogP) is 1.18. The van der Waals surface area contributed by atoms with E-state index in [-0.39, 0.29) is 30.2 Å². The Bertz CT molecular complexity index is 621. The smallest absolute Gasteiger partial charge is 0.407 e. The molecule has 4 rings (SSSR count). The Hall–Kier alpha value is -1.70. The van der Waals surface area contributed by atoms with E-state index in [0.717, 1.165) is 31.7 Å². The van der Waals surface area contributed by atoms with Crippen LogP contribution in [0.2, 0.25) is 0 Å². The quantitative estimate of drug-likeness (QED) is 0.831. The molecular weight excluding hydrogens is 348 g/mol. The number of β-amino-alcohol motifs (C(OH)–C–C–N with tert-alkyl or cyclic N) is 1. The van der Waals surface area contributed by atoms with Crippen LogP contribution < -0.4 is 14.8 Å². The maximum Gasteiger partial charge on any atom is 0.407 e. The number of piperidine rings is 1. The van der Waals surface area contributed by atoms with E-state index in [1.807, 2.05) is 24.3 Å². The fourth-order valence-electron chi connectivity index (χ4n) is 3.53. The molecule has 25 heavy (non-hydrogen) atoms. The van der Waals surface area contributed by atoms with E-state index in [1.165, 1.54) is 0 Å². The first-order chi connectivity index (χ1) is 11.6. The molecule has 3 heterocycles. The first-order valence-electron chi connectivity index (χ1n) is 8.39. The van der Waals surface area contributed by atoms with E-state index in [4.69, 9.17) is 14.2 Å². The molecule has 2 unspecified atom stereocenters. The normalized spacial score (nSPS) is 25.6. The lowest BCUT2D eigenvalue weighted by atomic mass is 9.91. The molecule has 1 spiro atoms. The third-order valence-electron chi connectivity index (χ3n) is 5.04. The van der Waals surface area contributed by atoms with Gasteiger partial charge in [-0.2, -0.15) is 0 Å². The predicted molar refractivity (Wildman–Crippen MR) is 92.5 cm³/mol. The molecule has 0 radical (unpaired) electrons. The molecule has 2 fully saturated rings. The number of fused-ring (bicyclic) bond motifs is 1. The number of aliphatic hydroxyl groups excluding tert-OH is 1. The fraction of sp³-hybridized carbons (Fsp3) is 0.588. The van der Waals surface area contributed by atoms with Gasteiger partial charge >= 0.3 is 6.09 Å². The van der Waals surface area contributed by atoms with Gasteiger partial charge in [-0.1, -0.05) is 12.1 Å². The Balaban J connectivity index is 0.00000182. The number of carbonyl (C=O) groups excluding carboxylic acids is 1. The number of para-hydroxylation sites is 2. The number of amides is 1. The largest absolute Gasteiger partial charge is 0.486 e. The molecule has 3 aliphatic heterocycles. The second kappa shape index (κ2) is 7.27. The Morgan fingerprint density at radius 3 is 2.68 bits per heavy atom. The van der Waals surface area contributed by atoms with Crippen LogP contribution in [0, 0.1) is 0 Å². The second-order valence-electron chi connectivity index (χ2n) is 6.71. The van der Waals surface area contributed by atoms with Crippen LogP contribution in [0.3, 0.4) is 0 Å². The highest BCUT2D eigenvalue weighted by atomic mass is 35.5. The van der Waals surface area contributed by atoms with Gasteiger partial charge in [0.15, 0.2) is 17.6 Å².